The molecule has 2 N–H and O–H groups in total. The Bertz CT molecular complexity index is 497. The highest BCUT2D eigenvalue weighted by atomic mass is 19.1. The largest absolute Gasteiger partial charge is 0.367 e. The van der Waals surface area contributed by atoms with Gasteiger partial charge in [0.1, 0.15) is 5.82 Å². The van der Waals surface area contributed by atoms with Gasteiger partial charge < -0.3 is 10.6 Å². The fraction of sp³-hybridized carbons (Fsp3) is 0.667. The summed E-state index contributed by atoms with van der Waals surface area (Å²) in [6, 6.07) is 6.92. The van der Waals surface area contributed by atoms with Crippen molar-refractivity contribution in [3.63, 3.8) is 0 Å². The fourth-order valence-electron chi connectivity index (χ4n) is 5.92. The maximum atomic E-state index is 13.2. The Morgan fingerprint density at radius 3 is 2.05 bits per heavy atom. The van der Waals surface area contributed by atoms with Gasteiger partial charge in [-0.05, 0) is 80.0 Å². The van der Waals surface area contributed by atoms with Crippen LogP contribution in [0.25, 0.3) is 0 Å². The lowest BCUT2D eigenvalue weighted by atomic mass is 9.48. The quantitative estimate of drug-likeness (QED) is 0.923. The van der Waals surface area contributed by atoms with E-state index in [0.29, 0.717) is 11.8 Å². The summed E-state index contributed by atoms with van der Waals surface area (Å²) in [5.41, 5.74) is 7.54. The topological polar surface area (TPSA) is 29.3 Å². The molecule has 5 rings (SSSR count). The molecule has 0 aliphatic heterocycles. The zero-order chi connectivity index (χ0) is 14.6. The van der Waals surface area contributed by atoms with E-state index in [-0.39, 0.29) is 11.4 Å². The Labute approximate surface area is 126 Å². The van der Waals surface area contributed by atoms with Crippen LogP contribution in [0.5, 0.6) is 0 Å². The zero-order valence-electron chi connectivity index (χ0n) is 12.8. The Hall–Kier alpha value is -1.09. The second-order valence-corrected chi connectivity index (χ2v) is 7.54. The molecule has 0 radical (unpaired) electrons. The zero-order valence-corrected chi connectivity index (χ0v) is 12.8. The average molecular weight is 288 g/mol. The molecule has 21 heavy (non-hydrogen) atoms. The molecule has 4 aliphatic carbocycles. The number of halogens is 1. The minimum Gasteiger partial charge on any atom is -0.367 e. The third-order valence-electron chi connectivity index (χ3n) is 6.72. The normalized spacial score (nSPS) is 40.5. The molecule has 0 spiro atoms. The van der Waals surface area contributed by atoms with Gasteiger partial charge in [0.05, 0.1) is 5.54 Å². The lowest BCUT2D eigenvalue weighted by molar-refractivity contribution is -0.0525. The molecule has 0 unspecified atom stereocenters. The van der Waals surface area contributed by atoms with Crippen molar-refractivity contribution in [2.24, 2.45) is 29.4 Å². The van der Waals surface area contributed by atoms with Crippen LogP contribution in [-0.2, 0) is 0 Å². The maximum Gasteiger partial charge on any atom is 0.123 e. The van der Waals surface area contributed by atoms with Crippen LogP contribution in [0.15, 0.2) is 24.3 Å². The molecule has 4 fully saturated rings. The van der Waals surface area contributed by atoms with Crippen molar-refractivity contribution in [3.05, 3.63) is 30.1 Å². The molecule has 0 aromatic heterocycles. The predicted molar refractivity (Wildman–Crippen MR) is 83.6 cm³/mol. The molecule has 4 bridgehead atoms. The van der Waals surface area contributed by atoms with Gasteiger partial charge in [-0.1, -0.05) is 0 Å². The van der Waals surface area contributed by atoms with Crippen LogP contribution in [0.1, 0.15) is 32.1 Å². The molecule has 0 amide bonds. The third kappa shape index (κ3) is 1.86. The number of benzene rings is 1. The lowest BCUT2D eigenvalue weighted by Crippen LogP contribution is -2.68. The van der Waals surface area contributed by atoms with Crippen molar-refractivity contribution in [3.8, 4) is 0 Å². The lowest BCUT2D eigenvalue weighted by Gasteiger charge is -2.64. The van der Waals surface area contributed by atoms with Gasteiger partial charge in [-0.3, -0.25) is 0 Å². The highest BCUT2D eigenvalue weighted by Gasteiger charge is 2.58. The monoisotopic (exact) mass is 288 g/mol. The SMILES string of the molecule is CN(c1ccc(F)cc1)C1(CN)C2CC3CC(C2)CC1C3. The summed E-state index contributed by atoms with van der Waals surface area (Å²) in [5.74, 6) is 3.14. The van der Waals surface area contributed by atoms with Crippen molar-refractivity contribution >= 4 is 5.69 Å². The van der Waals surface area contributed by atoms with Crippen LogP contribution >= 0.6 is 0 Å². The number of hydrogen-bond donors (Lipinski definition) is 1. The molecule has 4 saturated carbocycles. The molecule has 4 aliphatic rings. The molecule has 0 atom stereocenters. The fourth-order valence-corrected chi connectivity index (χ4v) is 5.92. The molecule has 1 aromatic carbocycles. The van der Waals surface area contributed by atoms with Gasteiger partial charge in [0.15, 0.2) is 0 Å². The Kier molecular flexibility index (Phi) is 3.04. The molecular weight excluding hydrogens is 263 g/mol. The minimum atomic E-state index is -0.168. The van der Waals surface area contributed by atoms with E-state index in [1.54, 1.807) is 12.1 Å². The van der Waals surface area contributed by atoms with E-state index in [2.05, 4.69) is 11.9 Å². The van der Waals surface area contributed by atoms with Crippen molar-refractivity contribution < 1.29 is 4.39 Å². The van der Waals surface area contributed by atoms with Crippen LogP contribution in [0.4, 0.5) is 10.1 Å². The van der Waals surface area contributed by atoms with Crippen molar-refractivity contribution in [1.82, 2.24) is 0 Å². The van der Waals surface area contributed by atoms with E-state index in [0.717, 1.165) is 24.1 Å². The molecule has 0 saturated heterocycles. The van der Waals surface area contributed by atoms with Crippen molar-refractivity contribution in [1.29, 1.82) is 0 Å². The van der Waals surface area contributed by atoms with E-state index in [1.807, 2.05) is 12.1 Å². The summed E-state index contributed by atoms with van der Waals surface area (Å²) in [6.45, 7) is 0.718. The first kappa shape index (κ1) is 13.6. The molecular formula is C18H25FN2. The molecule has 1 aromatic rings. The van der Waals surface area contributed by atoms with Crippen LogP contribution < -0.4 is 10.6 Å². The van der Waals surface area contributed by atoms with E-state index in [1.165, 1.54) is 32.1 Å². The van der Waals surface area contributed by atoms with E-state index in [9.17, 15) is 4.39 Å². The predicted octanol–water partition coefficient (Wildman–Crippen LogP) is 3.42. The average Bonchev–Trinajstić information content (AvgIpc) is 2.47. The molecule has 0 heterocycles. The summed E-state index contributed by atoms with van der Waals surface area (Å²) in [7, 11) is 2.17. The van der Waals surface area contributed by atoms with Crippen LogP contribution in [-0.4, -0.2) is 19.1 Å². The van der Waals surface area contributed by atoms with Gasteiger partial charge in [-0.2, -0.15) is 0 Å². The maximum absolute atomic E-state index is 13.2. The van der Waals surface area contributed by atoms with Crippen LogP contribution in [0.2, 0.25) is 0 Å². The molecule has 114 valence electrons. The summed E-state index contributed by atoms with van der Waals surface area (Å²) in [5, 5.41) is 0. The number of nitrogens with zero attached hydrogens (tertiary/aromatic N) is 1. The standard InChI is InChI=1S/C18H25FN2/c1-21(17-4-2-16(19)3-5-17)18(11-20)14-7-12-6-13(9-14)10-15(18)8-12/h2-5,12-15H,6-11,20H2,1H3. The van der Waals surface area contributed by atoms with Crippen LogP contribution in [0, 0.1) is 29.5 Å². The van der Waals surface area contributed by atoms with Crippen molar-refractivity contribution in [2.45, 2.75) is 37.6 Å². The summed E-state index contributed by atoms with van der Waals surface area (Å²) >= 11 is 0. The van der Waals surface area contributed by atoms with E-state index < -0.39 is 0 Å². The first-order valence-corrected chi connectivity index (χ1v) is 8.33. The first-order chi connectivity index (χ1) is 10.1. The van der Waals surface area contributed by atoms with Crippen LogP contribution in [0.3, 0.4) is 0 Å². The van der Waals surface area contributed by atoms with Gasteiger partial charge >= 0.3 is 0 Å². The van der Waals surface area contributed by atoms with E-state index in [4.69, 9.17) is 5.73 Å². The van der Waals surface area contributed by atoms with E-state index >= 15 is 0 Å². The molecule has 2 nitrogen and oxygen atoms in total. The van der Waals surface area contributed by atoms with Gasteiger partial charge in [0.25, 0.3) is 0 Å². The first-order valence-electron chi connectivity index (χ1n) is 8.33. The Morgan fingerprint density at radius 1 is 1.05 bits per heavy atom. The summed E-state index contributed by atoms with van der Waals surface area (Å²) in [4.78, 5) is 2.39. The van der Waals surface area contributed by atoms with Gasteiger partial charge in [-0.15, -0.1) is 0 Å². The second-order valence-electron chi connectivity index (χ2n) is 7.54. The smallest absolute Gasteiger partial charge is 0.123 e. The number of hydrogen-bond acceptors (Lipinski definition) is 2. The minimum absolute atomic E-state index is 0.0885. The summed E-state index contributed by atoms with van der Waals surface area (Å²) in [6.07, 6.45) is 6.82. The van der Waals surface area contributed by atoms with Gasteiger partial charge in [0.2, 0.25) is 0 Å². The Morgan fingerprint density at radius 2 is 1.57 bits per heavy atom. The van der Waals surface area contributed by atoms with Gasteiger partial charge in [-0.25, -0.2) is 4.39 Å². The number of likely N-dealkylation sites (N-methyl/N-ethyl adjacent to an activating group) is 1. The number of nitrogens with two attached hydrogens (primary N) is 1. The summed E-state index contributed by atoms with van der Waals surface area (Å²) < 4.78 is 13.2. The second kappa shape index (κ2) is 4.70. The molecule has 3 heteroatoms. The highest BCUT2D eigenvalue weighted by Crippen LogP contribution is 2.60. The highest BCUT2D eigenvalue weighted by molar-refractivity contribution is 5.50. The Balaban J connectivity index is 1.71. The van der Waals surface area contributed by atoms with Crippen molar-refractivity contribution in [2.75, 3.05) is 18.5 Å². The van der Waals surface area contributed by atoms with Gasteiger partial charge in [0, 0.05) is 19.3 Å². The number of anilines is 1. The third-order valence-corrected chi connectivity index (χ3v) is 6.72. The number of rotatable bonds is 3.